The van der Waals surface area contributed by atoms with Crippen LogP contribution in [0.25, 0.3) is 0 Å². The van der Waals surface area contributed by atoms with E-state index in [1.807, 2.05) is 6.92 Å². The van der Waals surface area contributed by atoms with Crippen LogP contribution in [0.5, 0.6) is 0 Å². The second-order valence-corrected chi connectivity index (χ2v) is 8.16. The summed E-state index contributed by atoms with van der Waals surface area (Å²) in [5.74, 6) is -1.13. The van der Waals surface area contributed by atoms with Crippen molar-refractivity contribution in [2.75, 3.05) is 5.32 Å². The van der Waals surface area contributed by atoms with Gasteiger partial charge in [-0.25, -0.2) is 17.9 Å². The average Bonchev–Trinajstić information content (AvgIpc) is 2.99. The normalized spacial score (nSPS) is 16.9. The predicted octanol–water partition coefficient (Wildman–Crippen LogP) is 3.21. The lowest BCUT2D eigenvalue weighted by molar-refractivity contribution is 0.0697. The summed E-state index contributed by atoms with van der Waals surface area (Å²) < 4.78 is 27.4. The zero-order valence-electron chi connectivity index (χ0n) is 14.2. The largest absolute Gasteiger partial charge is 0.478 e. The molecule has 0 spiro atoms. The molecular formula is C17H26N2O4S. The lowest BCUT2D eigenvalue weighted by atomic mass is 10.1. The molecule has 2 rings (SSSR count). The highest BCUT2D eigenvalue weighted by atomic mass is 32.2. The summed E-state index contributed by atoms with van der Waals surface area (Å²) in [4.78, 5) is 11.5. The molecule has 0 saturated heterocycles. The maximum Gasteiger partial charge on any atom is 0.337 e. The van der Waals surface area contributed by atoms with Crippen LogP contribution in [0.2, 0.25) is 0 Å². The van der Waals surface area contributed by atoms with Gasteiger partial charge in [0.25, 0.3) is 0 Å². The molecule has 0 amide bonds. The van der Waals surface area contributed by atoms with Crippen molar-refractivity contribution < 1.29 is 18.3 Å². The molecule has 1 aromatic rings. The number of sulfonamides is 1. The van der Waals surface area contributed by atoms with Crippen LogP contribution in [0, 0.1) is 0 Å². The third-order valence-electron chi connectivity index (χ3n) is 4.32. The van der Waals surface area contributed by atoms with E-state index in [2.05, 4.69) is 10.0 Å². The Morgan fingerprint density at radius 1 is 1.33 bits per heavy atom. The fourth-order valence-corrected chi connectivity index (χ4v) is 4.41. The Labute approximate surface area is 143 Å². The molecule has 1 aliphatic rings. The molecule has 1 unspecified atom stereocenters. The number of rotatable bonds is 8. The highest BCUT2D eigenvalue weighted by Gasteiger charge is 2.22. The summed E-state index contributed by atoms with van der Waals surface area (Å²) in [5, 5.41) is 12.7. The molecule has 1 aliphatic carbocycles. The molecular weight excluding hydrogens is 328 g/mol. The fraction of sp³-hybridized carbons (Fsp3) is 0.588. The lowest BCUT2D eigenvalue weighted by Crippen LogP contribution is -2.32. The van der Waals surface area contributed by atoms with Crippen LogP contribution in [-0.2, 0) is 10.0 Å². The molecule has 134 valence electrons. The van der Waals surface area contributed by atoms with Crippen molar-refractivity contribution in [3.05, 3.63) is 23.8 Å². The molecule has 1 saturated carbocycles. The molecule has 0 radical (unpaired) electrons. The van der Waals surface area contributed by atoms with Crippen LogP contribution < -0.4 is 10.0 Å². The summed E-state index contributed by atoms with van der Waals surface area (Å²) in [6, 6.07) is 4.32. The van der Waals surface area contributed by atoms with Crippen molar-refractivity contribution >= 4 is 21.7 Å². The Morgan fingerprint density at radius 2 is 2.00 bits per heavy atom. The van der Waals surface area contributed by atoms with E-state index in [1.54, 1.807) is 13.0 Å². The summed E-state index contributed by atoms with van der Waals surface area (Å²) >= 11 is 0. The Bertz CT molecular complexity index is 682. The molecule has 0 aromatic heterocycles. The van der Waals surface area contributed by atoms with Gasteiger partial charge in [0, 0.05) is 17.8 Å². The van der Waals surface area contributed by atoms with Crippen LogP contribution in [0.1, 0.15) is 62.7 Å². The van der Waals surface area contributed by atoms with E-state index in [1.165, 1.54) is 12.1 Å². The topological polar surface area (TPSA) is 95.5 Å². The number of carbonyl (C=O) groups is 1. The quantitative estimate of drug-likeness (QED) is 0.666. The van der Waals surface area contributed by atoms with Gasteiger partial charge >= 0.3 is 5.97 Å². The molecule has 24 heavy (non-hydrogen) atoms. The van der Waals surface area contributed by atoms with Crippen LogP contribution in [0.3, 0.4) is 0 Å². The van der Waals surface area contributed by atoms with Gasteiger partial charge in [0.05, 0.1) is 10.5 Å². The number of carboxylic acids is 1. The number of aromatic carboxylic acids is 1. The average molecular weight is 354 g/mol. The van der Waals surface area contributed by atoms with Gasteiger partial charge in [0.2, 0.25) is 10.0 Å². The Balaban J connectivity index is 2.25. The summed E-state index contributed by atoms with van der Waals surface area (Å²) in [5.41, 5.74) is 0.475. The second-order valence-electron chi connectivity index (χ2n) is 6.45. The van der Waals surface area contributed by atoms with Crippen LogP contribution in [-0.4, -0.2) is 31.6 Å². The van der Waals surface area contributed by atoms with E-state index in [0.29, 0.717) is 5.69 Å². The van der Waals surface area contributed by atoms with Gasteiger partial charge in [0.15, 0.2) is 0 Å². The van der Waals surface area contributed by atoms with E-state index in [9.17, 15) is 18.3 Å². The molecule has 7 heteroatoms. The lowest BCUT2D eigenvalue weighted by Gasteiger charge is -2.17. The first-order valence-corrected chi connectivity index (χ1v) is 9.98. The van der Waals surface area contributed by atoms with E-state index in [0.717, 1.165) is 38.5 Å². The molecule has 1 aromatic carbocycles. The van der Waals surface area contributed by atoms with Crippen LogP contribution in [0.4, 0.5) is 5.69 Å². The fourth-order valence-electron chi connectivity index (χ4n) is 3.11. The molecule has 0 bridgehead atoms. The summed E-state index contributed by atoms with van der Waals surface area (Å²) in [6.45, 7) is 3.78. The Hall–Kier alpha value is -1.60. The van der Waals surface area contributed by atoms with Crippen LogP contribution >= 0.6 is 0 Å². The number of nitrogens with one attached hydrogen (secondary N) is 2. The van der Waals surface area contributed by atoms with Gasteiger partial charge in [-0.15, -0.1) is 0 Å². The van der Waals surface area contributed by atoms with Crippen molar-refractivity contribution in [2.45, 2.75) is 69.4 Å². The number of hydrogen-bond acceptors (Lipinski definition) is 4. The van der Waals surface area contributed by atoms with Gasteiger partial charge in [-0.2, -0.15) is 0 Å². The predicted molar refractivity (Wildman–Crippen MR) is 94.0 cm³/mol. The highest BCUT2D eigenvalue weighted by molar-refractivity contribution is 7.89. The first-order valence-electron chi connectivity index (χ1n) is 8.49. The first-order chi connectivity index (χ1) is 11.3. The minimum absolute atomic E-state index is 0.00656. The SMILES string of the molecule is CCCC(C)NS(=O)(=O)c1ccc(NC2CCCC2)c(C(=O)O)c1. The summed E-state index contributed by atoms with van der Waals surface area (Å²) in [7, 11) is -3.72. The minimum atomic E-state index is -3.72. The van der Waals surface area contributed by atoms with E-state index in [4.69, 9.17) is 0 Å². The number of carboxylic acid groups (broad SMARTS) is 1. The van der Waals surface area contributed by atoms with Crippen LogP contribution in [0.15, 0.2) is 23.1 Å². The van der Waals surface area contributed by atoms with Gasteiger partial charge in [-0.1, -0.05) is 26.2 Å². The molecule has 1 atom stereocenters. The maximum atomic E-state index is 12.4. The molecule has 0 aliphatic heterocycles. The van der Waals surface area contributed by atoms with Gasteiger partial charge in [0.1, 0.15) is 0 Å². The maximum absolute atomic E-state index is 12.4. The zero-order chi connectivity index (χ0) is 17.7. The Kier molecular flexibility index (Phi) is 6.23. The monoisotopic (exact) mass is 354 g/mol. The van der Waals surface area contributed by atoms with Crippen molar-refractivity contribution in [3.8, 4) is 0 Å². The second kappa shape index (κ2) is 7.98. The zero-order valence-corrected chi connectivity index (χ0v) is 15.0. The van der Waals surface area contributed by atoms with Gasteiger partial charge in [-0.3, -0.25) is 0 Å². The smallest absolute Gasteiger partial charge is 0.337 e. The molecule has 1 fully saturated rings. The van der Waals surface area contributed by atoms with E-state index in [-0.39, 0.29) is 22.5 Å². The third kappa shape index (κ3) is 4.70. The van der Waals surface area contributed by atoms with Gasteiger partial charge in [-0.05, 0) is 44.4 Å². The van der Waals surface area contributed by atoms with E-state index >= 15 is 0 Å². The van der Waals surface area contributed by atoms with Crippen molar-refractivity contribution in [1.82, 2.24) is 4.72 Å². The van der Waals surface area contributed by atoms with Crippen molar-refractivity contribution in [1.29, 1.82) is 0 Å². The number of anilines is 1. The molecule has 6 nitrogen and oxygen atoms in total. The minimum Gasteiger partial charge on any atom is -0.478 e. The highest BCUT2D eigenvalue weighted by Crippen LogP contribution is 2.26. The standard InChI is InChI=1S/C17H26N2O4S/c1-3-6-12(2)19-24(22,23)14-9-10-16(15(11-14)17(20)21)18-13-7-4-5-8-13/h9-13,18-19H,3-8H2,1-2H3,(H,20,21). The van der Waals surface area contributed by atoms with Crippen molar-refractivity contribution in [3.63, 3.8) is 0 Å². The summed E-state index contributed by atoms with van der Waals surface area (Å²) in [6.07, 6.45) is 5.88. The third-order valence-corrected chi connectivity index (χ3v) is 5.91. The number of benzene rings is 1. The Morgan fingerprint density at radius 3 is 2.58 bits per heavy atom. The number of hydrogen-bond donors (Lipinski definition) is 3. The molecule has 3 N–H and O–H groups in total. The first kappa shape index (κ1) is 18.7. The van der Waals surface area contributed by atoms with Gasteiger partial charge < -0.3 is 10.4 Å². The van der Waals surface area contributed by atoms with E-state index < -0.39 is 16.0 Å². The van der Waals surface area contributed by atoms with Crippen molar-refractivity contribution in [2.24, 2.45) is 0 Å². The molecule has 0 heterocycles.